The Morgan fingerprint density at radius 1 is 1.02 bits per heavy atom. The van der Waals surface area contributed by atoms with E-state index < -0.39 is 72.3 Å². The molecule has 0 spiro atoms. The molecule has 1 amide bonds. The Hall–Kier alpha value is -4.49. The first-order chi connectivity index (χ1) is 20.9. The van der Waals surface area contributed by atoms with E-state index in [0.29, 0.717) is 21.9 Å². The minimum absolute atomic E-state index is 0.0571. The molecule has 0 radical (unpaired) electrons. The van der Waals surface area contributed by atoms with E-state index in [1.165, 1.54) is 30.5 Å². The fourth-order valence-electron chi connectivity index (χ4n) is 5.89. The molecule has 6 rings (SSSR count). The molecule has 0 bridgehead atoms. The highest BCUT2D eigenvalue weighted by atomic mass is 19.3. The molecule has 2 aromatic heterocycles. The molecule has 6 nitrogen and oxygen atoms in total. The molecular weight excluding hydrogens is 600 g/mol. The number of pyridine rings is 1. The Balaban J connectivity index is 1.33. The van der Waals surface area contributed by atoms with E-state index in [9.17, 15) is 31.1 Å². The van der Waals surface area contributed by atoms with Crippen LogP contribution in [-0.2, 0) is 23.7 Å². The van der Waals surface area contributed by atoms with E-state index >= 15 is 8.78 Å². The summed E-state index contributed by atoms with van der Waals surface area (Å²) < 4.78 is 116. The number of amides is 1. The maximum absolute atomic E-state index is 15.0. The van der Waals surface area contributed by atoms with Crippen molar-refractivity contribution < 1.29 is 44.7 Å². The summed E-state index contributed by atoms with van der Waals surface area (Å²) in [7, 11) is 0. The molecule has 230 valence electrons. The van der Waals surface area contributed by atoms with Crippen LogP contribution in [0.2, 0.25) is 0 Å². The highest BCUT2D eigenvalue weighted by Crippen LogP contribution is 2.68. The van der Waals surface area contributed by atoms with Crippen LogP contribution >= 0.6 is 0 Å². The molecule has 1 saturated carbocycles. The summed E-state index contributed by atoms with van der Waals surface area (Å²) in [5.74, 6) is -8.07. The second-order valence-electron chi connectivity index (χ2n) is 10.6. The van der Waals surface area contributed by atoms with Gasteiger partial charge in [0.2, 0.25) is 5.91 Å². The van der Waals surface area contributed by atoms with Gasteiger partial charge in [0.15, 0.2) is 0 Å². The summed E-state index contributed by atoms with van der Waals surface area (Å²) in [5, 5.41) is 6.30. The number of ether oxygens (including phenoxy) is 1. The fraction of sp³-hybridized carbons (Fsp3) is 0.300. The number of nitrogens with zero attached hydrogens (tertiary/aromatic N) is 3. The number of rotatable bonds is 10. The van der Waals surface area contributed by atoms with Gasteiger partial charge in [-0.1, -0.05) is 18.2 Å². The number of carbonyl (C=O) groups excluding carboxylic acids is 1. The van der Waals surface area contributed by atoms with Gasteiger partial charge in [-0.25, -0.2) is 17.6 Å². The van der Waals surface area contributed by atoms with Gasteiger partial charge in [-0.15, -0.1) is 0 Å². The number of carbonyl (C=O) groups is 1. The smallest absolute Gasteiger partial charge is 0.387 e. The summed E-state index contributed by atoms with van der Waals surface area (Å²) in [6.45, 7) is -3.88. The lowest BCUT2D eigenvalue weighted by Crippen LogP contribution is -2.35. The maximum atomic E-state index is 15.0. The molecule has 1 fully saturated rings. The molecule has 3 atom stereocenters. The average molecular weight is 623 g/mol. The second-order valence-corrected chi connectivity index (χ2v) is 10.6. The van der Waals surface area contributed by atoms with Crippen molar-refractivity contribution in [2.45, 2.75) is 50.3 Å². The third-order valence-electron chi connectivity index (χ3n) is 7.72. The lowest BCUT2D eigenvalue weighted by molar-refractivity contribution is -0.123. The minimum atomic E-state index is -3.44. The van der Waals surface area contributed by atoms with E-state index in [4.69, 9.17) is 0 Å². The van der Waals surface area contributed by atoms with E-state index in [-0.39, 0.29) is 35.4 Å². The van der Waals surface area contributed by atoms with E-state index in [0.717, 1.165) is 12.1 Å². The zero-order valence-electron chi connectivity index (χ0n) is 22.5. The van der Waals surface area contributed by atoms with Crippen molar-refractivity contribution in [1.29, 1.82) is 0 Å². The van der Waals surface area contributed by atoms with Crippen LogP contribution in [0.5, 0.6) is 5.75 Å². The molecule has 1 N–H and O–H groups in total. The third kappa shape index (κ3) is 5.60. The normalized spacial score (nSPS) is 18.7. The molecule has 2 heterocycles. The van der Waals surface area contributed by atoms with Crippen molar-refractivity contribution in [2.75, 3.05) is 0 Å². The van der Waals surface area contributed by atoms with Crippen LogP contribution in [0.4, 0.5) is 35.1 Å². The zero-order chi connectivity index (χ0) is 31.3. The average Bonchev–Trinajstić information content (AvgIpc) is 3.61. The molecule has 2 aliphatic rings. The quantitative estimate of drug-likeness (QED) is 0.192. The van der Waals surface area contributed by atoms with Crippen LogP contribution in [0.3, 0.4) is 0 Å². The molecule has 2 unspecified atom stereocenters. The molecule has 14 heteroatoms. The highest BCUT2D eigenvalue weighted by Gasteiger charge is 2.67. The van der Waals surface area contributed by atoms with E-state index in [1.807, 2.05) is 0 Å². The summed E-state index contributed by atoms with van der Waals surface area (Å²) in [6, 6.07) is 10.3. The van der Waals surface area contributed by atoms with Crippen molar-refractivity contribution in [1.82, 2.24) is 20.1 Å². The fourth-order valence-corrected chi connectivity index (χ4v) is 5.89. The highest BCUT2D eigenvalue weighted by molar-refractivity contribution is 5.77. The van der Waals surface area contributed by atoms with Crippen LogP contribution in [0.15, 0.2) is 60.8 Å². The standard InChI is InChI=1S/C30H22F8N4O2/c31-16-8-14(9-17(32)11-16)10-22(25-19(2-1-7-39-25)15-3-5-18(6-4-15)44-29(35)36)40-23(43)13-42-27-24(26(41-42)28(33)34)20-12-21(20)30(27,37)38/h1-9,11,20-22,28-29H,10,12-13H2,(H,40,43)/t20?,21?,22-/m0/s1. The number of fused-ring (bicyclic) bond motifs is 3. The Morgan fingerprint density at radius 2 is 1.73 bits per heavy atom. The summed E-state index contributed by atoms with van der Waals surface area (Å²) in [4.78, 5) is 17.7. The molecular formula is C30H22F8N4O2. The van der Waals surface area contributed by atoms with Crippen LogP contribution in [-0.4, -0.2) is 27.3 Å². The van der Waals surface area contributed by atoms with Gasteiger partial charge in [0, 0.05) is 29.3 Å². The van der Waals surface area contributed by atoms with Crippen molar-refractivity contribution in [3.8, 4) is 16.9 Å². The van der Waals surface area contributed by atoms with Gasteiger partial charge in [0.25, 0.3) is 12.3 Å². The number of alkyl halides is 6. The Bertz CT molecular complexity index is 1690. The van der Waals surface area contributed by atoms with Crippen LogP contribution in [0.25, 0.3) is 11.1 Å². The number of hydrogen-bond donors (Lipinski definition) is 1. The monoisotopic (exact) mass is 622 g/mol. The minimum Gasteiger partial charge on any atom is -0.435 e. The van der Waals surface area contributed by atoms with E-state index in [2.05, 4.69) is 20.1 Å². The number of hydrogen-bond acceptors (Lipinski definition) is 4. The van der Waals surface area contributed by atoms with Gasteiger partial charge in [-0.05, 0) is 60.2 Å². The van der Waals surface area contributed by atoms with Gasteiger partial charge in [0.1, 0.15) is 35.3 Å². The van der Waals surface area contributed by atoms with Crippen molar-refractivity contribution in [3.05, 3.63) is 101 Å². The van der Waals surface area contributed by atoms with Crippen molar-refractivity contribution >= 4 is 5.91 Å². The summed E-state index contributed by atoms with van der Waals surface area (Å²) >= 11 is 0. The van der Waals surface area contributed by atoms with Gasteiger partial charge in [0.05, 0.1) is 11.7 Å². The van der Waals surface area contributed by atoms with Gasteiger partial charge < -0.3 is 10.1 Å². The first-order valence-corrected chi connectivity index (χ1v) is 13.4. The Morgan fingerprint density at radius 3 is 2.39 bits per heavy atom. The van der Waals surface area contributed by atoms with Gasteiger partial charge in [-0.2, -0.15) is 22.7 Å². The molecule has 4 aromatic rings. The van der Waals surface area contributed by atoms with Gasteiger partial charge >= 0.3 is 6.61 Å². The maximum Gasteiger partial charge on any atom is 0.387 e. The topological polar surface area (TPSA) is 69.0 Å². The molecule has 2 aliphatic carbocycles. The number of aromatic nitrogens is 3. The van der Waals surface area contributed by atoms with Crippen LogP contribution in [0, 0.1) is 17.6 Å². The second kappa shape index (κ2) is 11.2. The summed E-state index contributed by atoms with van der Waals surface area (Å²) in [6.07, 6.45) is -1.88. The molecule has 0 saturated heterocycles. The number of nitrogens with one attached hydrogen (secondary N) is 1. The van der Waals surface area contributed by atoms with E-state index in [1.54, 1.807) is 12.1 Å². The number of halogens is 8. The lowest BCUT2D eigenvalue weighted by atomic mass is 9.95. The predicted octanol–water partition coefficient (Wildman–Crippen LogP) is 7.07. The number of benzene rings is 2. The molecule has 2 aromatic carbocycles. The summed E-state index contributed by atoms with van der Waals surface area (Å²) in [5.41, 5.74) is -0.529. The predicted molar refractivity (Wildman–Crippen MR) is 139 cm³/mol. The third-order valence-corrected chi connectivity index (χ3v) is 7.72. The van der Waals surface area contributed by atoms with Crippen molar-refractivity contribution in [3.63, 3.8) is 0 Å². The molecule has 44 heavy (non-hydrogen) atoms. The van der Waals surface area contributed by atoms with Crippen LogP contribution < -0.4 is 10.1 Å². The first kappa shape index (κ1) is 29.6. The Labute approximate surface area is 244 Å². The lowest BCUT2D eigenvalue weighted by Gasteiger charge is -2.22. The molecule has 0 aliphatic heterocycles. The van der Waals surface area contributed by atoms with Gasteiger partial charge in [-0.3, -0.25) is 14.5 Å². The van der Waals surface area contributed by atoms with Crippen LogP contribution in [0.1, 0.15) is 53.0 Å². The first-order valence-electron chi connectivity index (χ1n) is 13.4. The zero-order valence-corrected chi connectivity index (χ0v) is 22.5. The Kier molecular flexibility index (Phi) is 7.54. The SMILES string of the molecule is O=C(Cn1nc(C(F)F)c2c1C(F)(F)C1CC21)N[C@@H](Cc1cc(F)cc(F)c1)c1ncccc1-c1ccc(OC(F)F)cc1. The van der Waals surface area contributed by atoms with Crippen molar-refractivity contribution in [2.24, 2.45) is 5.92 Å². The largest absolute Gasteiger partial charge is 0.435 e.